The predicted molar refractivity (Wildman–Crippen MR) is 62.6 cm³/mol. The summed E-state index contributed by atoms with van der Waals surface area (Å²) >= 11 is 2.90. The third-order valence-electron chi connectivity index (χ3n) is 2.25. The van der Waals surface area contributed by atoms with Gasteiger partial charge in [0.05, 0.1) is 18.5 Å². The molecule has 1 aliphatic rings. The maximum atomic E-state index is 11.8. The van der Waals surface area contributed by atoms with Gasteiger partial charge >= 0.3 is 0 Å². The molecule has 1 aliphatic heterocycles. The number of aromatic nitrogens is 2. The minimum Gasteiger partial charge on any atom is -0.375 e. The van der Waals surface area contributed by atoms with Gasteiger partial charge in [0.2, 0.25) is 5.91 Å². The Morgan fingerprint density at radius 3 is 3.38 bits per heavy atom. The molecule has 0 N–H and O–H groups in total. The van der Waals surface area contributed by atoms with Gasteiger partial charge in [0, 0.05) is 13.1 Å². The fourth-order valence-corrected chi connectivity index (χ4v) is 2.88. The lowest BCUT2D eigenvalue weighted by atomic mass is 10.3. The summed E-state index contributed by atoms with van der Waals surface area (Å²) in [5.41, 5.74) is 1.67. The van der Waals surface area contributed by atoms with Crippen LogP contribution in [0.15, 0.2) is 9.85 Å². The average molecular weight is 259 g/mol. The first-order valence-corrected chi connectivity index (χ1v) is 6.90. The molecule has 0 spiro atoms. The summed E-state index contributed by atoms with van der Waals surface area (Å²) in [6.07, 6.45) is 0.143. The van der Waals surface area contributed by atoms with Gasteiger partial charge in [0.25, 0.3) is 0 Å². The first-order valence-electron chi connectivity index (χ1n) is 5.04. The fraction of sp³-hybridized carbons (Fsp3) is 0.667. The molecule has 1 saturated heterocycles. The molecule has 16 heavy (non-hydrogen) atoms. The number of nitrogens with zero attached hydrogens (tertiary/aromatic N) is 3. The lowest BCUT2D eigenvalue weighted by molar-refractivity contribution is -0.135. The van der Waals surface area contributed by atoms with Crippen molar-refractivity contribution in [1.29, 1.82) is 0 Å². The van der Waals surface area contributed by atoms with Gasteiger partial charge in [-0.15, -0.1) is 10.2 Å². The van der Waals surface area contributed by atoms with E-state index in [-0.39, 0.29) is 12.0 Å². The zero-order valence-electron chi connectivity index (χ0n) is 8.96. The summed E-state index contributed by atoms with van der Waals surface area (Å²) < 4.78 is 6.23. The highest BCUT2D eigenvalue weighted by atomic mass is 32.2. The number of carbonyl (C=O) groups excluding carboxylic acids is 1. The topological polar surface area (TPSA) is 55.3 Å². The van der Waals surface area contributed by atoms with Gasteiger partial charge in [-0.25, -0.2) is 0 Å². The Kier molecular flexibility index (Phi) is 4.14. The second-order valence-corrected chi connectivity index (χ2v) is 5.57. The number of rotatable bonds is 3. The Morgan fingerprint density at radius 2 is 2.69 bits per heavy atom. The highest BCUT2D eigenvalue weighted by Gasteiger charge is 2.21. The van der Waals surface area contributed by atoms with Crippen LogP contribution in [0.5, 0.6) is 0 Å². The summed E-state index contributed by atoms with van der Waals surface area (Å²) in [7, 11) is 0. The van der Waals surface area contributed by atoms with Crippen molar-refractivity contribution in [3.63, 3.8) is 0 Å². The van der Waals surface area contributed by atoms with Gasteiger partial charge in [-0.2, -0.15) is 0 Å². The number of hydrogen-bond acceptors (Lipinski definition) is 6. The molecular formula is C9H13N3O2S2. The van der Waals surface area contributed by atoms with Crippen LogP contribution >= 0.6 is 23.1 Å². The minimum atomic E-state index is 0.143. The molecule has 2 heterocycles. The van der Waals surface area contributed by atoms with Crippen LogP contribution in [0.25, 0.3) is 0 Å². The molecule has 1 unspecified atom stereocenters. The van der Waals surface area contributed by atoms with Crippen molar-refractivity contribution in [2.75, 3.05) is 25.4 Å². The van der Waals surface area contributed by atoms with Gasteiger partial charge in [-0.3, -0.25) is 4.79 Å². The van der Waals surface area contributed by atoms with Crippen molar-refractivity contribution >= 4 is 29.0 Å². The molecule has 0 aliphatic carbocycles. The van der Waals surface area contributed by atoms with E-state index in [0.717, 1.165) is 4.34 Å². The van der Waals surface area contributed by atoms with E-state index in [9.17, 15) is 4.79 Å². The Hall–Kier alpha value is -0.660. The predicted octanol–water partition coefficient (Wildman–Crippen LogP) is 0.877. The van der Waals surface area contributed by atoms with Crippen molar-refractivity contribution < 1.29 is 9.53 Å². The van der Waals surface area contributed by atoms with E-state index >= 15 is 0 Å². The zero-order chi connectivity index (χ0) is 11.4. The number of morpholine rings is 1. The molecule has 1 aromatic heterocycles. The molecule has 7 heteroatoms. The van der Waals surface area contributed by atoms with E-state index in [2.05, 4.69) is 10.2 Å². The maximum absolute atomic E-state index is 11.8. The van der Waals surface area contributed by atoms with Gasteiger partial charge < -0.3 is 9.64 Å². The summed E-state index contributed by atoms with van der Waals surface area (Å²) in [5.74, 6) is 0.581. The quantitative estimate of drug-likeness (QED) is 0.754. The van der Waals surface area contributed by atoms with E-state index in [1.165, 1.54) is 23.1 Å². The maximum Gasteiger partial charge on any atom is 0.233 e. The van der Waals surface area contributed by atoms with E-state index < -0.39 is 0 Å². The first kappa shape index (κ1) is 11.8. The molecule has 1 aromatic rings. The molecule has 0 radical (unpaired) electrons. The van der Waals surface area contributed by atoms with Crippen LogP contribution in [0, 0.1) is 0 Å². The van der Waals surface area contributed by atoms with E-state index in [0.29, 0.717) is 25.4 Å². The standard InChI is InChI=1S/C9H13N3O2S2/c1-7-4-12(2-3-14-7)8(13)5-15-9-11-10-6-16-9/h6-7H,2-5H2,1H3. The highest BCUT2D eigenvalue weighted by Crippen LogP contribution is 2.19. The summed E-state index contributed by atoms with van der Waals surface area (Å²) in [6, 6.07) is 0. The van der Waals surface area contributed by atoms with Crippen molar-refractivity contribution in [3.05, 3.63) is 5.51 Å². The highest BCUT2D eigenvalue weighted by molar-refractivity contribution is 8.01. The van der Waals surface area contributed by atoms with Crippen LogP contribution in [0.4, 0.5) is 0 Å². The Morgan fingerprint density at radius 1 is 1.81 bits per heavy atom. The van der Waals surface area contributed by atoms with E-state index in [1.54, 1.807) is 5.51 Å². The van der Waals surface area contributed by atoms with Crippen LogP contribution in [0.1, 0.15) is 6.92 Å². The smallest absolute Gasteiger partial charge is 0.233 e. The monoisotopic (exact) mass is 259 g/mol. The Bertz CT molecular complexity index is 345. The number of amides is 1. The third kappa shape index (κ3) is 3.16. The number of hydrogen-bond donors (Lipinski definition) is 0. The molecule has 1 fully saturated rings. The lowest BCUT2D eigenvalue weighted by Gasteiger charge is -2.31. The summed E-state index contributed by atoms with van der Waals surface area (Å²) in [5, 5.41) is 7.61. The van der Waals surface area contributed by atoms with Crippen LogP contribution in [0.2, 0.25) is 0 Å². The van der Waals surface area contributed by atoms with Crippen LogP contribution in [-0.2, 0) is 9.53 Å². The fourth-order valence-electron chi connectivity index (χ4n) is 1.49. The second kappa shape index (κ2) is 5.60. The van der Waals surface area contributed by atoms with Gasteiger partial charge in [-0.05, 0) is 6.92 Å². The number of ether oxygens (including phenoxy) is 1. The van der Waals surface area contributed by atoms with Gasteiger partial charge in [0.1, 0.15) is 5.51 Å². The normalized spacial score (nSPS) is 21.1. The molecule has 1 amide bonds. The molecule has 5 nitrogen and oxygen atoms in total. The average Bonchev–Trinajstić information content (AvgIpc) is 2.78. The van der Waals surface area contributed by atoms with Crippen molar-refractivity contribution in [2.24, 2.45) is 0 Å². The second-order valence-electron chi connectivity index (χ2n) is 3.51. The molecule has 0 saturated carbocycles. The summed E-state index contributed by atoms with van der Waals surface area (Å²) in [6.45, 7) is 4.00. The molecule has 2 rings (SSSR count). The van der Waals surface area contributed by atoms with Crippen molar-refractivity contribution in [3.8, 4) is 0 Å². The number of carbonyl (C=O) groups is 1. The van der Waals surface area contributed by atoms with Crippen molar-refractivity contribution in [1.82, 2.24) is 15.1 Å². The molecule has 1 atom stereocenters. The van der Waals surface area contributed by atoms with Gasteiger partial charge in [-0.1, -0.05) is 23.1 Å². The van der Waals surface area contributed by atoms with Gasteiger partial charge in [0.15, 0.2) is 4.34 Å². The van der Waals surface area contributed by atoms with Crippen LogP contribution in [-0.4, -0.2) is 52.6 Å². The van der Waals surface area contributed by atoms with Crippen LogP contribution in [0.3, 0.4) is 0 Å². The van der Waals surface area contributed by atoms with Crippen molar-refractivity contribution in [2.45, 2.75) is 17.4 Å². The minimum absolute atomic E-state index is 0.143. The summed E-state index contributed by atoms with van der Waals surface area (Å²) in [4.78, 5) is 13.7. The molecular weight excluding hydrogens is 246 g/mol. The largest absolute Gasteiger partial charge is 0.375 e. The molecule has 88 valence electrons. The van der Waals surface area contributed by atoms with Crippen LogP contribution < -0.4 is 0 Å². The van der Waals surface area contributed by atoms with E-state index in [4.69, 9.17) is 4.74 Å². The Labute approximate surface area is 102 Å². The Balaban J connectivity index is 1.79. The van der Waals surface area contributed by atoms with E-state index in [1.807, 2.05) is 11.8 Å². The SMILES string of the molecule is CC1CN(C(=O)CSc2nncs2)CCO1. The first-order chi connectivity index (χ1) is 7.75. The number of thioether (sulfide) groups is 1. The molecule has 0 bridgehead atoms. The third-order valence-corrected chi connectivity index (χ3v) is 4.10. The lowest BCUT2D eigenvalue weighted by Crippen LogP contribution is -2.45. The zero-order valence-corrected chi connectivity index (χ0v) is 10.6. The molecule has 0 aromatic carbocycles.